The molecule has 0 aliphatic rings. The highest BCUT2D eigenvalue weighted by molar-refractivity contribution is 9.10. The van der Waals surface area contributed by atoms with Crippen molar-refractivity contribution in [1.82, 2.24) is 0 Å². The van der Waals surface area contributed by atoms with Gasteiger partial charge in [-0.2, -0.15) is 5.26 Å². The summed E-state index contributed by atoms with van der Waals surface area (Å²) in [4.78, 5) is 0. The fourth-order valence-electron chi connectivity index (χ4n) is 1.52. The molecule has 0 aliphatic carbocycles. The summed E-state index contributed by atoms with van der Waals surface area (Å²) in [6.07, 6.45) is 1.37. The van der Waals surface area contributed by atoms with Gasteiger partial charge in [0.15, 0.2) is 0 Å². The maximum Gasteiger partial charge on any atom is 0.101 e. The van der Waals surface area contributed by atoms with Crippen LogP contribution in [0.4, 0.5) is 5.69 Å². The van der Waals surface area contributed by atoms with E-state index in [-0.39, 0.29) is 0 Å². The molecule has 0 unspecified atom stereocenters. The smallest absolute Gasteiger partial charge is 0.101 e. The molecule has 3 nitrogen and oxygen atoms in total. The molecular formula is C13H17BrN2O. The first-order valence-electron chi connectivity index (χ1n) is 5.70. The van der Waals surface area contributed by atoms with E-state index in [4.69, 9.17) is 5.26 Å². The number of anilines is 1. The van der Waals surface area contributed by atoms with Crippen LogP contribution in [0.5, 0.6) is 0 Å². The topological polar surface area (TPSA) is 56.0 Å². The molecule has 0 saturated heterocycles. The summed E-state index contributed by atoms with van der Waals surface area (Å²) < 4.78 is 0.913. The highest BCUT2D eigenvalue weighted by atomic mass is 79.9. The van der Waals surface area contributed by atoms with E-state index in [9.17, 15) is 5.11 Å². The summed E-state index contributed by atoms with van der Waals surface area (Å²) in [5.74, 6) is 0. The second-order valence-electron chi connectivity index (χ2n) is 4.09. The summed E-state index contributed by atoms with van der Waals surface area (Å²) >= 11 is 3.37. The monoisotopic (exact) mass is 296 g/mol. The van der Waals surface area contributed by atoms with E-state index < -0.39 is 5.60 Å². The molecule has 0 aromatic heterocycles. The third-order valence-electron chi connectivity index (χ3n) is 3.03. The zero-order valence-corrected chi connectivity index (χ0v) is 11.7. The number of benzene rings is 1. The van der Waals surface area contributed by atoms with E-state index in [1.807, 2.05) is 26.0 Å². The Morgan fingerprint density at radius 1 is 1.41 bits per heavy atom. The van der Waals surface area contributed by atoms with Crippen LogP contribution < -0.4 is 5.32 Å². The van der Waals surface area contributed by atoms with Crippen LogP contribution in [0.3, 0.4) is 0 Å². The van der Waals surface area contributed by atoms with Gasteiger partial charge in [0.1, 0.15) is 6.07 Å². The minimum absolute atomic E-state index is 0.450. The summed E-state index contributed by atoms with van der Waals surface area (Å²) in [6, 6.07) is 7.56. The third kappa shape index (κ3) is 3.72. The first-order chi connectivity index (χ1) is 8.04. The number of halogens is 1. The molecule has 0 amide bonds. The van der Waals surface area contributed by atoms with Crippen molar-refractivity contribution in [3.63, 3.8) is 0 Å². The normalized spacial score (nSPS) is 11.0. The van der Waals surface area contributed by atoms with E-state index >= 15 is 0 Å². The Labute approximate surface area is 111 Å². The SMILES string of the molecule is CCC(O)(CC)CNc1cc(Br)ccc1C#N. The Morgan fingerprint density at radius 2 is 2.06 bits per heavy atom. The van der Waals surface area contributed by atoms with E-state index in [1.54, 1.807) is 6.07 Å². The maximum atomic E-state index is 10.2. The molecule has 1 aromatic rings. The number of hydrogen-bond acceptors (Lipinski definition) is 3. The zero-order valence-electron chi connectivity index (χ0n) is 10.1. The van der Waals surface area contributed by atoms with Crippen molar-refractivity contribution in [3.8, 4) is 6.07 Å². The predicted molar refractivity (Wildman–Crippen MR) is 72.9 cm³/mol. The van der Waals surface area contributed by atoms with E-state index in [0.717, 1.165) is 10.2 Å². The Hall–Kier alpha value is -1.05. The summed E-state index contributed by atoms with van der Waals surface area (Å²) in [7, 11) is 0. The van der Waals surface area contributed by atoms with Crippen LogP contribution in [0.25, 0.3) is 0 Å². The van der Waals surface area contributed by atoms with Gasteiger partial charge >= 0.3 is 0 Å². The molecule has 1 rings (SSSR count). The third-order valence-corrected chi connectivity index (χ3v) is 3.52. The van der Waals surface area contributed by atoms with Crippen LogP contribution in [-0.2, 0) is 0 Å². The van der Waals surface area contributed by atoms with Crippen molar-refractivity contribution >= 4 is 21.6 Å². The number of nitrogens with one attached hydrogen (secondary N) is 1. The molecule has 0 atom stereocenters. The van der Waals surface area contributed by atoms with Crippen molar-refractivity contribution in [2.45, 2.75) is 32.3 Å². The minimum Gasteiger partial charge on any atom is -0.388 e. The van der Waals surface area contributed by atoms with Gasteiger partial charge in [0.25, 0.3) is 0 Å². The first kappa shape index (κ1) is 14.0. The van der Waals surface area contributed by atoms with Crippen LogP contribution in [0, 0.1) is 11.3 Å². The standard InChI is InChI=1S/C13H17BrN2O/c1-3-13(17,4-2)9-16-12-7-11(14)6-5-10(12)8-15/h5-7,16-17H,3-4,9H2,1-2H3. The van der Waals surface area contributed by atoms with Crippen LogP contribution in [0.1, 0.15) is 32.3 Å². The molecule has 0 heterocycles. The van der Waals surface area contributed by atoms with Crippen molar-refractivity contribution in [1.29, 1.82) is 5.26 Å². The van der Waals surface area contributed by atoms with Crippen LogP contribution in [-0.4, -0.2) is 17.3 Å². The Bertz CT molecular complexity index is 422. The highest BCUT2D eigenvalue weighted by Crippen LogP contribution is 2.23. The van der Waals surface area contributed by atoms with Gasteiger partial charge in [-0.3, -0.25) is 0 Å². The summed E-state index contributed by atoms with van der Waals surface area (Å²) in [5.41, 5.74) is 0.625. The van der Waals surface area contributed by atoms with Gasteiger partial charge in [-0.25, -0.2) is 0 Å². The second kappa shape index (κ2) is 6.04. The fourth-order valence-corrected chi connectivity index (χ4v) is 1.88. The summed E-state index contributed by atoms with van der Waals surface area (Å²) in [5, 5.41) is 22.3. The molecule has 0 bridgehead atoms. The van der Waals surface area contributed by atoms with Gasteiger partial charge in [-0.15, -0.1) is 0 Å². The average Bonchev–Trinajstić information content (AvgIpc) is 2.36. The Kier molecular flexibility index (Phi) is 4.98. The quantitative estimate of drug-likeness (QED) is 0.877. The molecular weight excluding hydrogens is 280 g/mol. The van der Waals surface area contributed by atoms with Crippen LogP contribution >= 0.6 is 15.9 Å². The number of aliphatic hydroxyl groups is 1. The first-order valence-corrected chi connectivity index (χ1v) is 6.50. The summed E-state index contributed by atoms with van der Waals surface area (Å²) in [6.45, 7) is 4.36. The Balaban J connectivity index is 2.82. The molecule has 4 heteroatoms. The molecule has 0 spiro atoms. The largest absolute Gasteiger partial charge is 0.388 e. The van der Waals surface area contributed by atoms with Gasteiger partial charge in [0, 0.05) is 11.0 Å². The lowest BCUT2D eigenvalue weighted by atomic mass is 9.97. The van der Waals surface area contributed by atoms with E-state index in [2.05, 4.69) is 27.3 Å². The minimum atomic E-state index is -0.713. The van der Waals surface area contributed by atoms with Crippen molar-refractivity contribution < 1.29 is 5.11 Å². The fraction of sp³-hybridized carbons (Fsp3) is 0.462. The number of rotatable bonds is 5. The molecule has 0 aliphatic heterocycles. The molecule has 0 radical (unpaired) electrons. The number of nitriles is 1. The number of nitrogens with zero attached hydrogens (tertiary/aromatic N) is 1. The van der Waals surface area contributed by atoms with Gasteiger partial charge in [-0.1, -0.05) is 29.8 Å². The van der Waals surface area contributed by atoms with Gasteiger partial charge in [0.05, 0.1) is 16.9 Å². The van der Waals surface area contributed by atoms with Crippen LogP contribution in [0.2, 0.25) is 0 Å². The lowest BCUT2D eigenvalue weighted by molar-refractivity contribution is 0.0457. The molecule has 92 valence electrons. The number of hydrogen-bond donors (Lipinski definition) is 2. The van der Waals surface area contributed by atoms with Crippen molar-refractivity contribution in [2.24, 2.45) is 0 Å². The molecule has 2 N–H and O–H groups in total. The molecule has 17 heavy (non-hydrogen) atoms. The highest BCUT2D eigenvalue weighted by Gasteiger charge is 2.21. The predicted octanol–water partition coefficient (Wildman–Crippen LogP) is 3.28. The molecule has 0 saturated carbocycles. The Morgan fingerprint density at radius 3 is 2.59 bits per heavy atom. The van der Waals surface area contributed by atoms with Crippen molar-refractivity contribution in [3.05, 3.63) is 28.2 Å². The van der Waals surface area contributed by atoms with Crippen molar-refractivity contribution in [2.75, 3.05) is 11.9 Å². The van der Waals surface area contributed by atoms with Gasteiger partial charge < -0.3 is 10.4 Å². The van der Waals surface area contributed by atoms with Crippen LogP contribution in [0.15, 0.2) is 22.7 Å². The lowest BCUT2D eigenvalue weighted by Gasteiger charge is -2.26. The molecule has 1 aromatic carbocycles. The maximum absolute atomic E-state index is 10.2. The second-order valence-corrected chi connectivity index (χ2v) is 5.00. The molecule has 0 fully saturated rings. The van der Waals surface area contributed by atoms with Gasteiger partial charge in [0.2, 0.25) is 0 Å². The zero-order chi connectivity index (χ0) is 12.9. The van der Waals surface area contributed by atoms with E-state index in [0.29, 0.717) is 24.9 Å². The lowest BCUT2D eigenvalue weighted by Crippen LogP contribution is -2.35. The van der Waals surface area contributed by atoms with E-state index in [1.165, 1.54) is 0 Å². The van der Waals surface area contributed by atoms with Gasteiger partial charge in [-0.05, 0) is 31.0 Å². The average molecular weight is 297 g/mol.